The Morgan fingerprint density at radius 1 is 0.895 bits per heavy atom. The molecule has 1 aliphatic heterocycles. The van der Waals surface area contributed by atoms with Gasteiger partial charge in [0.05, 0.1) is 36.2 Å². The van der Waals surface area contributed by atoms with Crippen LogP contribution in [0.3, 0.4) is 0 Å². The molecule has 1 fully saturated rings. The number of morpholine rings is 1. The maximum Gasteiger partial charge on any atom is 0.416 e. The van der Waals surface area contributed by atoms with Crippen LogP contribution in [0.1, 0.15) is 31.8 Å². The fourth-order valence-electron chi connectivity index (χ4n) is 3.69. The van der Waals surface area contributed by atoms with Gasteiger partial charge in [-0.3, -0.25) is 19.4 Å². The van der Waals surface area contributed by atoms with E-state index < -0.39 is 23.6 Å². The average molecular weight is 524 g/mol. The lowest BCUT2D eigenvalue weighted by molar-refractivity contribution is -0.137. The Kier molecular flexibility index (Phi) is 8.17. The quantitative estimate of drug-likeness (QED) is 0.464. The summed E-state index contributed by atoms with van der Waals surface area (Å²) < 4.78 is 44.1. The summed E-state index contributed by atoms with van der Waals surface area (Å²) in [5.74, 6) is -1.37. The summed E-state index contributed by atoms with van der Waals surface area (Å²) in [5, 5.41) is 5.21. The van der Waals surface area contributed by atoms with E-state index in [4.69, 9.17) is 4.74 Å². The molecule has 0 spiro atoms. The predicted octanol–water partition coefficient (Wildman–Crippen LogP) is 4.48. The van der Waals surface area contributed by atoms with Gasteiger partial charge in [0.25, 0.3) is 11.8 Å². The van der Waals surface area contributed by atoms with Crippen molar-refractivity contribution in [2.45, 2.75) is 6.18 Å². The average Bonchev–Trinajstić information content (AvgIpc) is 2.92. The van der Waals surface area contributed by atoms with Crippen LogP contribution in [0, 0.1) is 0 Å². The lowest BCUT2D eigenvalue weighted by atomic mass is 10.1. The van der Waals surface area contributed by atoms with Gasteiger partial charge >= 0.3 is 6.18 Å². The number of hydrogen-bond acceptors (Lipinski definition) is 5. The first kappa shape index (κ1) is 26.6. The number of carbonyl (C=O) groups is 3. The first-order valence-electron chi connectivity index (χ1n) is 11.6. The van der Waals surface area contributed by atoms with E-state index in [1.165, 1.54) is 36.7 Å². The Morgan fingerprint density at radius 2 is 1.66 bits per heavy atom. The number of halogens is 3. The van der Waals surface area contributed by atoms with Crippen LogP contribution in [-0.2, 0) is 15.7 Å². The molecule has 0 saturated carbocycles. The largest absolute Gasteiger partial charge is 0.416 e. The molecular formula is C27H23F3N4O4. The Labute approximate surface area is 216 Å². The number of pyridine rings is 1. The Bertz CT molecular complexity index is 1370. The first-order chi connectivity index (χ1) is 18.2. The highest BCUT2D eigenvalue weighted by atomic mass is 19.4. The molecule has 0 radical (unpaired) electrons. The number of ether oxygens (including phenoxy) is 1. The molecule has 11 heteroatoms. The molecule has 3 amide bonds. The van der Waals surface area contributed by atoms with Crippen molar-refractivity contribution >= 4 is 35.2 Å². The Balaban J connectivity index is 1.37. The number of anilines is 2. The zero-order chi connectivity index (χ0) is 27.1. The van der Waals surface area contributed by atoms with Gasteiger partial charge in [-0.15, -0.1) is 0 Å². The molecule has 1 aliphatic rings. The number of aromatic nitrogens is 1. The molecule has 196 valence electrons. The number of alkyl halides is 3. The summed E-state index contributed by atoms with van der Waals surface area (Å²) in [6.07, 6.45) is 1.07. The third-order valence-corrected chi connectivity index (χ3v) is 5.57. The monoisotopic (exact) mass is 524 g/mol. The molecule has 0 aliphatic carbocycles. The van der Waals surface area contributed by atoms with Gasteiger partial charge < -0.3 is 20.3 Å². The molecule has 38 heavy (non-hydrogen) atoms. The van der Waals surface area contributed by atoms with Gasteiger partial charge in [0.2, 0.25) is 5.91 Å². The second-order valence-electron chi connectivity index (χ2n) is 8.35. The highest BCUT2D eigenvalue weighted by Gasteiger charge is 2.30. The minimum atomic E-state index is -4.56. The van der Waals surface area contributed by atoms with Crippen LogP contribution in [0.15, 0.2) is 73.1 Å². The predicted molar refractivity (Wildman–Crippen MR) is 134 cm³/mol. The maximum absolute atomic E-state index is 12.9. The SMILES string of the molecule is O=C(/C=C/c1cccc(NC(=O)c2cccc(C(F)(F)F)c2)c1)Nc1cncc(C(=O)N2CCOCC2)c1. The van der Waals surface area contributed by atoms with Crippen molar-refractivity contribution in [1.29, 1.82) is 0 Å². The van der Waals surface area contributed by atoms with Crippen LogP contribution in [-0.4, -0.2) is 53.9 Å². The van der Waals surface area contributed by atoms with Crippen LogP contribution >= 0.6 is 0 Å². The van der Waals surface area contributed by atoms with E-state index in [-0.39, 0.29) is 11.5 Å². The van der Waals surface area contributed by atoms with E-state index in [1.807, 2.05) is 0 Å². The minimum Gasteiger partial charge on any atom is -0.378 e. The first-order valence-corrected chi connectivity index (χ1v) is 11.6. The fourth-order valence-corrected chi connectivity index (χ4v) is 3.69. The topological polar surface area (TPSA) is 101 Å². The van der Waals surface area contributed by atoms with Gasteiger partial charge in [-0.25, -0.2) is 0 Å². The van der Waals surface area contributed by atoms with Crippen molar-refractivity contribution in [3.05, 3.63) is 95.3 Å². The maximum atomic E-state index is 12.9. The Morgan fingerprint density at radius 3 is 2.42 bits per heavy atom. The highest BCUT2D eigenvalue weighted by molar-refractivity contribution is 6.05. The van der Waals surface area contributed by atoms with Crippen LogP contribution in [0.4, 0.5) is 24.5 Å². The molecule has 2 N–H and O–H groups in total. The number of nitrogens with one attached hydrogen (secondary N) is 2. The Hall–Kier alpha value is -4.51. The zero-order valence-electron chi connectivity index (χ0n) is 20.0. The number of nitrogens with zero attached hydrogens (tertiary/aromatic N) is 2. The molecule has 0 atom stereocenters. The van der Waals surface area contributed by atoms with Gasteiger partial charge in [0, 0.05) is 36.6 Å². The van der Waals surface area contributed by atoms with E-state index in [9.17, 15) is 27.6 Å². The van der Waals surface area contributed by atoms with Crippen LogP contribution < -0.4 is 10.6 Å². The number of hydrogen-bond donors (Lipinski definition) is 2. The molecular weight excluding hydrogens is 501 g/mol. The van der Waals surface area contributed by atoms with Crippen LogP contribution in [0.5, 0.6) is 0 Å². The van der Waals surface area contributed by atoms with E-state index in [0.29, 0.717) is 48.8 Å². The van der Waals surface area contributed by atoms with Crippen molar-refractivity contribution in [1.82, 2.24) is 9.88 Å². The van der Waals surface area contributed by atoms with E-state index in [2.05, 4.69) is 15.6 Å². The molecule has 0 bridgehead atoms. The molecule has 2 aromatic carbocycles. The molecule has 3 aromatic rings. The normalized spacial score (nSPS) is 13.8. The summed E-state index contributed by atoms with van der Waals surface area (Å²) in [5.41, 5.74) is 0.547. The van der Waals surface area contributed by atoms with Crippen molar-refractivity contribution in [2.75, 3.05) is 36.9 Å². The number of carbonyl (C=O) groups excluding carboxylic acids is 3. The molecule has 1 saturated heterocycles. The summed E-state index contributed by atoms with van der Waals surface area (Å²) in [6, 6.07) is 12.1. The van der Waals surface area contributed by atoms with Gasteiger partial charge in [-0.2, -0.15) is 13.2 Å². The standard InChI is InChI=1S/C27H23F3N4O4/c28-27(29,30)21-5-2-4-19(14-21)25(36)33-22-6-1-3-18(13-22)7-8-24(35)32-23-15-20(16-31-17-23)26(37)34-9-11-38-12-10-34/h1-8,13-17H,9-12H2,(H,32,35)(H,33,36)/b8-7+. The number of amides is 3. The smallest absolute Gasteiger partial charge is 0.378 e. The van der Waals surface area contributed by atoms with Crippen LogP contribution in [0.2, 0.25) is 0 Å². The third-order valence-electron chi connectivity index (χ3n) is 5.57. The number of rotatable bonds is 6. The molecule has 8 nitrogen and oxygen atoms in total. The van der Waals surface area contributed by atoms with Crippen LogP contribution in [0.25, 0.3) is 6.08 Å². The summed E-state index contributed by atoms with van der Waals surface area (Å²) in [6.45, 7) is 1.91. The minimum absolute atomic E-state index is 0.136. The highest BCUT2D eigenvalue weighted by Crippen LogP contribution is 2.29. The van der Waals surface area contributed by atoms with E-state index in [1.54, 1.807) is 35.2 Å². The molecule has 1 aromatic heterocycles. The second-order valence-corrected chi connectivity index (χ2v) is 8.35. The lowest BCUT2D eigenvalue weighted by Gasteiger charge is -2.26. The second kappa shape index (κ2) is 11.7. The van der Waals surface area contributed by atoms with Crippen molar-refractivity contribution in [2.24, 2.45) is 0 Å². The van der Waals surface area contributed by atoms with Gasteiger partial charge in [-0.1, -0.05) is 18.2 Å². The zero-order valence-corrected chi connectivity index (χ0v) is 20.0. The molecule has 0 unspecified atom stereocenters. The van der Waals surface area contributed by atoms with Gasteiger partial charge in [0.15, 0.2) is 0 Å². The van der Waals surface area contributed by atoms with Gasteiger partial charge in [-0.05, 0) is 48.0 Å². The summed E-state index contributed by atoms with van der Waals surface area (Å²) in [4.78, 5) is 43.2. The van der Waals surface area contributed by atoms with Crippen molar-refractivity contribution < 1.29 is 32.3 Å². The van der Waals surface area contributed by atoms with E-state index >= 15 is 0 Å². The van der Waals surface area contributed by atoms with Crippen molar-refractivity contribution in [3.8, 4) is 0 Å². The fraction of sp³-hybridized carbons (Fsp3) is 0.185. The third kappa shape index (κ3) is 7.04. The lowest BCUT2D eigenvalue weighted by Crippen LogP contribution is -2.40. The summed E-state index contributed by atoms with van der Waals surface area (Å²) in [7, 11) is 0. The molecule has 4 rings (SSSR count). The van der Waals surface area contributed by atoms with Gasteiger partial charge in [0.1, 0.15) is 0 Å². The van der Waals surface area contributed by atoms with Crippen molar-refractivity contribution in [3.63, 3.8) is 0 Å². The molecule has 2 heterocycles. The van der Waals surface area contributed by atoms with E-state index in [0.717, 1.165) is 12.1 Å². The summed E-state index contributed by atoms with van der Waals surface area (Å²) >= 11 is 0. The number of benzene rings is 2.